The molecule has 0 aliphatic carbocycles. The number of nitrogens with zero attached hydrogens (tertiary/aromatic N) is 2. The molecule has 0 bridgehead atoms. The third-order valence-corrected chi connectivity index (χ3v) is 3.38. The highest BCUT2D eigenvalue weighted by molar-refractivity contribution is 5.99. The Morgan fingerprint density at radius 1 is 1.11 bits per heavy atom. The van der Waals surface area contributed by atoms with Crippen molar-refractivity contribution in [2.75, 3.05) is 0 Å². The van der Waals surface area contributed by atoms with E-state index in [1.807, 2.05) is 12.1 Å². The summed E-state index contributed by atoms with van der Waals surface area (Å²) in [4.78, 5) is 4.05. The first-order valence-electron chi connectivity index (χ1n) is 7.49. The van der Waals surface area contributed by atoms with E-state index >= 15 is 0 Å². The van der Waals surface area contributed by atoms with Gasteiger partial charge < -0.3 is 5.21 Å². The largest absolute Gasteiger partial charge is 0.411 e. The summed E-state index contributed by atoms with van der Waals surface area (Å²) in [5.74, 6) is 0. The molecule has 3 nitrogen and oxygen atoms in total. The van der Waals surface area contributed by atoms with Crippen LogP contribution in [-0.2, 0) is 0 Å². The van der Waals surface area contributed by atoms with Crippen molar-refractivity contribution in [1.82, 2.24) is 4.98 Å². The molecule has 0 aromatic carbocycles. The van der Waals surface area contributed by atoms with Crippen LogP contribution in [0.15, 0.2) is 29.7 Å². The standard InChI is InChI=1S/C16H26N2O/c1-2-3-4-5-6-7-8-9-12-16(18-19)15-11-10-13-17-14-15/h10-11,13-14,19H,2-9,12H2,1H3. The van der Waals surface area contributed by atoms with E-state index in [1.54, 1.807) is 12.4 Å². The Bertz CT molecular complexity index is 349. The van der Waals surface area contributed by atoms with Gasteiger partial charge in [-0.3, -0.25) is 4.98 Å². The first-order valence-corrected chi connectivity index (χ1v) is 7.49. The van der Waals surface area contributed by atoms with Gasteiger partial charge in [0.05, 0.1) is 5.71 Å². The average molecular weight is 262 g/mol. The van der Waals surface area contributed by atoms with Crippen LogP contribution in [0.4, 0.5) is 0 Å². The van der Waals surface area contributed by atoms with E-state index < -0.39 is 0 Å². The minimum Gasteiger partial charge on any atom is -0.411 e. The van der Waals surface area contributed by atoms with Crippen molar-refractivity contribution in [3.63, 3.8) is 0 Å². The quantitative estimate of drug-likeness (QED) is 0.285. The lowest BCUT2D eigenvalue weighted by atomic mass is 10.0. The molecule has 0 aliphatic rings. The van der Waals surface area contributed by atoms with Gasteiger partial charge in [0.1, 0.15) is 0 Å². The molecule has 1 rings (SSSR count). The summed E-state index contributed by atoms with van der Waals surface area (Å²) in [6.07, 6.45) is 14.6. The molecule has 0 spiro atoms. The average Bonchev–Trinajstić information content (AvgIpc) is 2.47. The van der Waals surface area contributed by atoms with Gasteiger partial charge in [-0.2, -0.15) is 0 Å². The lowest BCUT2D eigenvalue weighted by Crippen LogP contribution is -2.01. The molecule has 0 fully saturated rings. The van der Waals surface area contributed by atoms with Gasteiger partial charge >= 0.3 is 0 Å². The minimum absolute atomic E-state index is 0.749. The molecule has 0 amide bonds. The summed E-state index contributed by atoms with van der Waals surface area (Å²) in [7, 11) is 0. The van der Waals surface area contributed by atoms with Crippen molar-refractivity contribution >= 4 is 5.71 Å². The van der Waals surface area contributed by atoms with Crippen molar-refractivity contribution in [2.45, 2.75) is 64.7 Å². The van der Waals surface area contributed by atoms with Crippen LogP contribution in [0.3, 0.4) is 0 Å². The Morgan fingerprint density at radius 3 is 2.37 bits per heavy atom. The van der Waals surface area contributed by atoms with Gasteiger partial charge in [-0.25, -0.2) is 0 Å². The maximum atomic E-state index is 9.04. The van der Waals surface area contributed by atoms with Crippen LogP contribution in [0, 0.1) is 0 Å². The van der Waals surface area contributed by atoms with E-state index in [4.69, 9.17) is 5.21 Å². The van der Waals surface area contributed by atoms with Gasteiger partial charge in [-0.1, -0.05) is 57.0 Å². The maximum Gasteiger partial charge on any atom is 0.0883 e. The number of unbranched alkanes of at least 4 members (excludes halogenated alkanes) is 7. The third-order valence-electron chi connectivity index (χ3n) is 3.38. The highest BCUT2D eigenvalue weighted by Gasteiger charge is 2.03. The van der Waals surface area contributed by atoms with Crippen LogP contribution < -0.4 is 0 Å². The van der Waals surface area contributed by atoms with E-state index in [-0.39, 0.29) is 0 Å². The van der Waals surface area contributed by atoms with Gasteiger partial charge in [-0.15, -0.1) is 0 Å². The molecule has 1 N–H and O–H groups in total. The molecule has 3 heteroatoms. The fourth-order valence-corrected chi connectivity index (χ4v) is 2.21. The summed E-state index contributed by atoms with van der Waals surface area (Å²) in [5.41, 5.74) is 1.67. The molecule has 0 aliphatic heterocycles. The van der Waals surface area contributed by atoms with Crippen LogP contribution >= 0.6 is 0 Å². The molecule has 1 aromatic heterocycles. The van der Waals surface area contributed by atoms with Crippen molar-refractivity contribution in [3.05, 3.63) is 30.1 Å². The zero-order valence-corrected chi connectivity index (χ0v) is 12.0. The first kappa shape index (κ1) is 15.7. The van der Waals surface area contributed by atoms with Crippen LogP contribution in [-0.4, -0.2) is 15.9 Å². The molecule has 0 unspecified atom stereocenters. The minimum atomic E-state index is 0.749. The highest BCUT2D eigenvalue weighted by atomic mass is 16.4. The lowest BCUT2D eigenvalue weighted by molar-refractivity contribution is 0.317. The lowest BCUT2D eigenvalue weighted by Gasteiger charge is -2.04. The highest BCUT2D eigenvalue weighted by Crippen LogP contribution is 2.12. The van der Waals surface area contributed by atoms with Crippen LogP contribution in [0.25, 0.3) is 0 Å². The second-order valence-corrected chi connectivity index (χ2v) is 5.01. The van der Waals surface area contributed by atoms with E-state index in [1.165, 1.54) is 44.9 Å². The molecule has 106 valence electrons. The van der Waals surface area contributed by atoms with Gasteiger partial charge in [0.15, 0.2) is 0 Å². The fraction of sp³-hybridized carbons (Fsp3) is 0.625. The Labute approximate surface area is 116 Å². The molecule has 19 heavy (non-hydrogen) atoms. The normalized spacial score (nSPS) is 11.7. The summed E-state index contributed by atoms with van der Waals surface area (Å²) in [6.45, 7) is 2.24. The first-order chi connectivity index (χ1) is 9.38. The van der Waals surface area contributed by atoms with E-state index in [0.29, 0.717) is 0 Å². The zero-order chi connectivity index (χ0) is 13.8. The van der Waals surface area contributed by atoms with Crippen molar-refractivity contribution in [2.24, 2.45) is 5.16 Å². The van der Waals surface area contributed by atoms with Crippen LogP contribution in [0.5, 0.6) is 0 Å². The van der Waals surface area contributed by atoms with Crippen molar-refractivity contribution in [1.29, 1.82) is 0 Å². The maximum absolute atomic E-state index is 9.04. The summed E-state index contributed by atoms with van der Waals surface area (Å²) in [6, 6.07) is 3.81. The Hall–Kier alpha value is -1.38. The van der Waals surface area contributed by atoms with E-state index in [9.17, 15) is 0 Å². The third kappa shape index (κ3) is 6.94. The molecular weight excluding hydrogens is 236 g/mol. The van der Waals surface area contributed by atoms with Crippen LogP contribution in [0.1, 0.15) is 70.3 Å². The number of hydrogen-bond acceptors (Lipinski definition) is 3. The Balaban J connectivity index is 2.11. The summed E-state index contributed by atoms with van der Waals surface area (Å²) < 4.78 is 0. The van der Waals surface area contributed by atoms with E-state index in [0.717, 1.165) is 24.1 Å². The molecular formula is C16H26N2O. The van der Waals surface area contributed by atoms with E-state index in [2.05, 4.69) is 17.1 Å². The van der Waals surface area contributed by atoms with Gasteiger partial charge in [0, 0.05) is 18.0 Å². The number of hydrogen-bond donors (Lipinski definition) is 1. The summed E-state index contributed by atoms with van der Waals surface area (Å²) >= 11 is 0. The van der Waals surface area contributed by atoms with Crippen molar-refractivity contribution in [3.8, 4) is 0 Å². The predicted molar refractivity (Wildman–Crippen MR) is 79.8 cm³/mol. The smallest absolute Gasteiger partial charge is 0.0883 e. The second-order valence-electron chi connectivity index (χ2n) is 5.01. The topological polar surface area (TPSA) is 45.5 Å². The second kappa shape index (κ2) is 10.5. The predicted octanol–water partition coefficient (Wildman–Crippen LogP) is 4.79. The van der Waals surface area contributed by atoms with Crippen molar-refractivity contribution < 1.29 is 5.21 Å². The van der Waals surface area contributed by atoms with Gasteiger partial charge in [-0.05, 0) is 25.0 Å². The zero-order valence-electron chi connectivity index (χ0n) is 12.0. The number of rotatable bonds is 10. The summed E-state index contributed by atoms with van der Waals surface area (Å²) in [5, 5.41) is 12.4. The van der Waals surface area contributed by atoms with Gasteiger partial charge in [0.2, 0.25) is 0 Å². The molecule has 1 heterocycles. The molecule has 0 saturated heterocycles. The monoisotopic (exact) mass is 262 g/mol. The number of pyridine rings is 1. The molecule has 1 aromatic rings. The fourth-order valence-electron chi connectivity index (χ4n) is 2.21. The molecule has 0 saturated carbocycles. The number of aromatic nitrogens is 1. The SMILES string of the molecule is CCCCCCCCCCC(=NO)c1cccnc1. The van der Waals surface area contributed by atoms with Gasteiger partial charge in [0.25, 0.3) is 0 Å². The number of oxime groups is 1. The Morgan fingerprint density at radius 2 is 1.79 bits per heavy atom. The Kier molecular flexibility index (Phi) is 8.69. The molecule has 0 atom stereocenters. The molecule has 0 radical (unpaired) electrons. The van der Waals surface area contributed by atoms with Crippen LogP contribution in [0.2, 0.25) is 0 Å².